The van der Waals surface area contributed by atoms with Crippen LogP contribution in [0, 0.1) is 0 Å². The molecule has 3 aromatic rings. The zero-order valence-corrected chi connectivity index (χ0v) is 16.6. The Kier molecular flexibility index (Phi) is 6.05. The van der Waals surface area contributed by atoms with Crippen LogP contribution in [0.2, 0.25) is 0 Å². The van der Waals surface area contributed by atoms with Crippen molar-refractivity contribution in [3.63, 3.8) is 0 Å². The van der Waals surface area contributed by atoms with Crippen LogP contribution in [-0.2, 0) is 11.3 Å². The summed E-state index contributed by atoms with van der Waals surface area (Å²) in [5.74, 6) is 1.49. The molecule has 2 aromatic heterocycles. The quantitative estimate of drug-likeness (QED) is 0.613. The Labute approximate surface area is 161 Å². The molecule has 0 spiro atoms. The summed E-state index contributed by atoms with van der Waals surface area (Å²) in [6, 6.07) is 8.41. The van der Waals surface area contributed by atoms with E-state index in [4.69, 9.17) is 0 Å². The first-order chi connectivity index (χ1) is 12.6. The van der Waals surface area contributed by atoms with E-state index in [0.717, 1.165) is 23.1 Å². The Morgan fingerprint density at radius 1 is 1.27 bits per heavy atom. The fourth-order valence-corrected chi connectivity index (χ4v) is 3.83. The molecule has 8 heteroatoms. The molecule has 0 unspecified atom stereocenters. The third-order valence-electron chi connectivity index (χ3n) is 3.88. The van der Waals surface area contributed by atoms with E-state index in [-0.39, 0.29) is 11.7 Å². The van der Waals surface area contributed by atoms with Crippen molar-refractivity contribution < 1.29 is 4.79 Å². The zero-order chi connectivity index (χ0) is 18.5. The second-order valence-corrected chi connectivity index (χ2v) is 7.84. The molecule has 26 heavy (non-hydrogen) atoms. The highest BCUT2D eigenvalue weighted by atomic mass is 32.2. The normalized spacial score (nSPS) is 11.1. The SMILES string of the molecule is CCn1c(SCC(=O)Nc2nccs2)nnc1-c1ccc(C(C)C)cc1. The van der Waals surface area contributed by atoms with Crippen molar-refractivity contribution in [3.8, 4) is 11.4 Å². The third-order valence-corrected chi connectivity index (χ3v) is 5.53. The summed E-state index contributed by atoms with van der Waals surface area (Å²) in [6.07, 6.45) is 1.66. The molecule has 0 aliphatic carbocycles. The number of nitrogens with one attached hydrogen (secondary N) is 1. The average Bonchev–Trinajstić information content (AvgIpc) is 3.29. The molecule has 2 heterocycles. The van der Waals surface area contributed by atoms with Crippen LogP contribution in [0.3, 0.4) is 0 Å². The van der Waals surface area contributed by atoms with Crippen molar-refractivity contribution in [2.24, 2.45) is 0 Å². The first-order valence-corrected chi connectivity index (χ1v) is 10.3. The summed E-state index contributed by atoms with van der Waals surface area (Å²) in [6.45, 7) is 7.14. The monoisotopic (exact) mass is 387 g/mol. The minimum absolute atomic E-state index is 0.0987. The number of hydrogen-bond donors (Lipinski definition) is 1. The lowest BCUT2D eigenvalue weighted by molar-refractivity contribution is -0.113. The number of thiazole rings is 1. The van der Waals surface area contributed by atoms with Crippen LogP contribution in [0.4, 0.5) is 5.13 Å². The number of aromatic nitrogens is 4. The summed E-state index contributed by atoms with van der Waals surface area (Å²) in [7, 11) is 0. The number of nitrogens with zero attached hydrogens (tertiary/aromatic N) is 4. The van der Waals surface area contributed by atoms with Gasteiger partial charge in [0.05, 0.1) is 5.75 Å². The van der Waals surface area contributed by atoms with E-state index >= 15 is 0 Å². The highest BCUT2D eigenvalue weighted by molar-refractivity contribution is 7.99. The predicted molar refractivity (Wildman–Crippen MR) is 107 cm³/mol. The Balaban J connectivity index is 1.70. The van der Waals surface area contributed by atoms with E-state index in [1.54, 1.807) is 6.20 Å². The number of carbonyl (C=O) groups is 1. The number of rotatable bonds is 7. The Hall–Kier alpha value is -2.19. The van der Waals surface area contributed by atoms with Gasteiger partial charge in [0, 0.05) is 23.7 Å². The molecule has 6 nitrogen and oxygen atoms in total. The van der Waals surface area contributed by atoms with Gasteiger partial charge in [0.25, 0.3) is 0 Å². The smallest absolute Gasteiger partial charge is 0.236 e. The van der Waals surface area contributed by atoms with Crippen molar-refractivity contribution in [2.75, 3.05) is 11.1 Å². The Morgan fingerprint density at radius 2 is 2.04 bits per heavy atom. The molecule has 0 bridgehead atoms. The maximum atomic E-state index is 12.0. The Morgan fingerprint density at radius 3 is 2.65 bits per heavy atom. The second kappa shape index (κ2) is 8.46. The predicted octanol–water partition coefficient (Wildman–Crippen LogP) is 4.28. The van der Waals surface area contributed by atoms with E-state index < -0.39 is 0 Å². The van der Waals surface area contributed by atoms with Gasteiger partial charge in [-0.15, -0.1) is 21.5 Å². The van der Waals surface area contributed by atoms with Gasteiger partial charge in [-0.1, -0.05) is 49.9 Å². The first kappa shape index (κ1) is 18.6. The summed E-state index contributed by atoms with van der Waals surface area (Å²) >= 11 is 2.78. The van der Waals surface area contributed by atoms with Crippen molar-refractivity contribution in [1.82, 2.24) is 19.7 Å². The first-order valence-electron chi connectivity index (χ1n) is 8.44. The van der Waals surface area contributed by atoms with Crippen LogP contribution in [0.25, 0.3) is 11.4 Å². The number of amides is 1. The second-order valence-electron chi connectivity index (χ2n) is 6.00. The van der Waals surface area contributed by atoms with Gasteiger partial charge in [0.2, 0.25) is 5.91 Å². The van der Waals surface area contributed by atoms with Crippen LogP contribution < -0.4 is 5.32 Å². The molecule has 1 amide bonds. The number of benzene rings is 1. The lowest BCUT2D eigenvalue weighted by Gasteiger charge is -2.09. The van der Waals surface area contributed by atoms with Gasteiger partial charge in [0.1, 0.15) is 0 Å². The van der Waals surface area contributed by atoms with Crippen molar-refractivity contribution in [3.05, 3.63) is 41.4 Å². The largest absolute Gasteiger partial charge is 0.302 e. The zero-order valence-electron chi connectivity index (χ0n) is 15.0. The van der Waals surface area contributed by atoms with E-state index in [0.29, 0.717) is 11.0 Å². The summed E-state index contributed by atoms with van der Waals surface area (Å²) < 4.78 is 2.03. The highest BCUT2D eigenvalue weighted by Gasteiger charge is 2.15. The van der Waals surface area contributed by atoms with Gasteiger partial charge >= 0.3 is 0 Å². The number of anilines is 1. The van der Waals surface area contributed by atoms with Crippen molar-refractivity contribution in [2.45, 2.75) is 38.4 Å². The fourth-order valence-electron chi connectivity index (χ4n) is 2.48. The molecule has 0 saturated heterocycles. The summed E-state index contributed by atoms with van der Waals surface area (Å²) in [5.41, 5.74) is 2.33. The lowest BCUT2D eigenvalue weighted by Crippen LogP contribution is -2.14. The molecule has 3 rings (SSSR count). The van der Waals surface area contributed by atoms with Gasteiger partial charge in [-0.3, -0.25) is 4.79 Å². The molecule has 0 radical (unpaired) electrons. The number of hydrogen-bond acceptors (Lipinski definition) is 6. The van der Waals surface area contributed by atoms with Crippen LogP contribution >= 0.6 is 23.1 Å². The molecular formula is C18H21N5OS2. The fraction of sp³-hybridized carbons (Fsp3) is 0.333. The topological polar surface area (TPSA) is 72.7 Å². The molecular weight excluding hydrogens is 366 g/mol. The van der Waals surface area contributed by atoms with E-state index in [1.807, 2.05) is 9.95 Å². The maximum Gasteiger partial charge on any atom is 0.236 e. The van der Waals surface area contributed by atoms with Gasteiger partial charge in [-0.05, 0) is 18.4 Å². The summed E-state index contributed by atoms with van der Waals surface area (Å²) in [4.78, 5) is 16.1. The van der Waals surface area contributed by atoms with Crippen LogP contribution in [-0.4, -0.2) is 31.4 Å². The minimum Gasteiger partial charge on any atom is -0.302 e. The molecule has 1 aromatic carbocycles. The molecule has 0 aliphatic heterocycles. The molecule has 0 aliphatic rings. The van der Waals surface area contributed by atoms with Crippen LogP contribution in [0.1, 0.15) is 32.3 Å². The average molecular weight is 388 g/mol. The standard InChI is InChI=1S/C18H21N5OS2/c1-4-23-16(14-7-5-13(6-8-14)12(2)3)21-22-18(23)26-11-15(24)20-17-19-9-10-25-17/h5-10,12H,4,11H2,1-3H3,(H,19,20,24). The minimum atomic E-state index is -0.0987. The van der Waals surface area contributed by atoms with Crippen LogP contribution in [0.15, 0.2) is 41.0 Å². The van der Waals surface area contributed by atoms with Crippen molar-refractivity contribution in [1.29, 1.82) is 0 Å². The van der Waals surface area contributed by atoms with Gasteiger partial charge in [0.15, 0.2) is 16.1 Å². The summed E-state index contributed by atoms with van der Waals surface area (Å²) in [5, 5.41) is 14.6. The third kappa shape index (κ3) is 4.31. The molecule has 0 fully saturated rings. The Bertz CT molecular complexity index is 856. The highest BCUT2D eigenvalue weighted by Crippen LogP contribution is 2.25. The molecule has 0 saturated carbocycles. The van der Waals surface area contributed by atoms with Gasteiger partial charge < -0.3 is 9.88 Å². The van der Waals surface area contributed by atoms with E-state index in [1.165, 1.54) is 28.7 Å². The van der Waals surface area contributed by atoms with E-state index in [9.17, 15) is 4.79 Å². The lowest BCUT2D eigenvalue weighted by atomic mass is 10.0. The van der Waals surface area contributed by atoms with Crippen molar-refractivity contribution >= 4 is 34.1 Å². The van der Waals surface area contributed by atoms with Gasteiger partial charge in [-0.2, -0.15) is 0 Å². The number of carbonyl (C=O) groups excluding carboxylic acids is 1. The molecule has 1 N–H and O–H groups in total. The molecule has 0 atom stereocenters. The maximum absolute atomic E-state index is 12.0. The number of thioether (sulfide) groups is 1. The van der Waals surface area contributed by atoms with E-state index in [2.05, 4.69) is 65.5 Å². The molecule has 136 valence electrons. The van der Waals surface area contributed by atoms with Crippen LogP contribution in [0.5, 0.6) is 0 Å². The van der Waals surface area contributed by atoms with Gasteiger partial charge in [-0.25, -0.2) is 4.98 Å².